The van der Waals surface area contributed by atoms with Crippen molar-refractivity contribution in [3.05, 3.63) is 64.7 Å². The molecule has 29 heavy (non-hydrogen) atoms. The molecule has 0 bridgehead atoms. The topological polar surface area (TPSA) is 23.6 Å². The molecule has 0 amide bonds. The van der Waals surface area contributed by atoms with Gasteiger partial charge in [0.15, 0.2) is 5.78 Å². The van der Waals surface area contributed by atoms with Gasteiger partial charge in [0.25, 0.3) is 0 Å². The molecule has 2 heterocycles. The van der Waals surface area contributed by atoms with E-state index in [1.54, 1.807) is 0 Å². The summed E-state index contributed by atoms with van der Waals surface area (Å²) in [5.41, 5.74) is 6.71. The SMILES string of the molecule is CC.Cc1ccc(CCC2C(=O)CN(C)C2c2ccc3c(c2)CCCN3C)cc1. The van der Waals surface area contributed by atoms with Gasteiger partial charge in [-0.15, -0.1) is 0 Å². The molecule has 4 rings (SSSR count). The largest absolute Gasteiger partial charge is 0.374 e. The highest BCUT2D eigenvalue weighted by Gasteiger charge is 2.39. The summed E-state index contributed by atoms with van der Waals surface area (Å²) in [6.45, 7) is 7.82. The molecule has 1 saturated heterocycles. The molecule has 1 fully saturated rings. The Hall–Kier alpha value is -2.13. The number of benzene rings is 2. The summed E-state index contributed by atoms with van der Waals surface area (Å²) in [5, 5.41) is 0. The Morgan fingerprint density at radius 3 is 2.48 bits per heavy atom. The molecule has 2 aromatic carbocycles. The second kappa shape index (κ2) is 9.58. The summed E-state index contributed by atoms with van der Waals surface area (Å²) < 4.78 is 0. The second-order valence-corrected chi connectivity index (χ2v) is 8.37. The van der Waals surface area contributed by atoms with Crippen LogP contribution in [0.2, 0.25) is 0 Å². The molecule has 156 valence electrons. The molecule has 2 atom stereocenters. The van der Waals surface area contributed by atoms with Crippen molar-refractivity contribution in [1.82, 2.24) is 4.90 Å². The number of hydrogen-bond acceptors (Lipinski definition) is 3. The van der Waals surface area contributed by atoms with Crippen molar-refractivity contribution in [2.24, 2.45) is 5.92 Å². The number of carbonyl (C=O) groups excluding carboxylic acids is 1. The number of hydrogen-bond donors (Lipinski definition) is 0. The smallest absolute Gasteiger partial charge is 0.151 e. The number of likely N-dealkylation sites (N-methyl/N-ethyl adjacent to an activating group) is 1. The van der Waals surface area contributed by atoms with E-state index in [-0.39, 0.29) is 12.0 Å². The normalized spacial score (nSPS) is 21.6. The van der Waals surface area contributed by atoms with Gasteiger partial charge in [0.2, 0.25) is 0 Å². The Labute approximate surface area is 176 Å². The maximum Gasteiger partial charge on any atom is 0.151 e. The molecule has 3 heteroatoms. The molecule has 0 saturated carbocycles. The molecule has 2 aromatic rings. The van der Waals surface area contributed by atoms with E-state index in [4.69, 9.17) is 0 Å². The van der Waals surface area contributed by atoms with Gasteiger partial charge < -0.3 is 4.90 Å². The Morgan fingerprint density at radius 2 is 1.76 bits per heavy atom. The average molecular weight is 393 g/mol. The Kier molecular flexibility index (Phi) is 7.13. The molecule has 2 aliphatic rings. The lowest BCUT2D eigenvalue weighted by atomic mass is 9.86. The van der Waals surface area contributed by atoms with E-state index in [0.717, 1.165) is 25.8 Å². The number of rotatable bonds is 4. The fourth-order valence-corrected chi connectivity index (χ4v) is 4.82. The van der Waals surface area contributed by atoms with E-state index in [9.17, 15) is 4.79 Å². The lowest BCUT2D eigenvalue weighted by Crippen LogP contribution is -2.26. The molecule has 0 N–H and O–H groups in total. The minimum absolute atomic E-state index is 0.0932. The summed E-state index contributed by atoms with van der Waals surface area (Å²) in [6, 6.07) is 15.8. The third kappa shape index (κ3) is 4.72. The first-order valence-electron chi connectivity index (χ1n) is 11.2. The average Bonchev–Trinajstić information content (AvgIpc) is 3.02. The lowest BCUT2D eigenvalue weighted by molar-refractivity contribution is -0.120. The van der Waals surface area contributed by atoms with Crippen molar-refractivity contribution in [3.8, 4) is 0 Å². The zero-order valence-corrected chi connectivity index (χ0v) is 18.7. The highest BCUT2D eigenvalue weighted by atomic mass is 16.1. The molecule has 0 aromatic heterocycles. The maximum absolute atomic E-state index is 12.7. The molecule has 2 unspecified atom stereocenters. The van der Waals surface area contributed by atoms with Crippen LogP contribution in [0.25, 0.3) is 0 Å². The highest BCUT2D eigenvalue weighted by Crippen LogP contribution is 2.39. The van der Waals surface area contributed by atoms with Gasteiger partial charge in [0, 0.05) is 31.2 Å². The van der Waals surface area contributed by atoms with Gasteiger partial charge in [-0.1, -0.05) is 55.8 Å². The van der Waals surface area contributed by atoms with Crippen molar-refractivity contribution >= 4 is 11.5 Å². The van der Waals surface area contributed by atoms with Crippen LogP contribution < -0.4 is 4.90 Å². The van der Waals surface area contributed by atoms with Crippen LogP contribution in [0, 0.1) is 12.8 Å². The van der Waals surface area contributed by atoms with Gasteiger partial charge in [-0.05, 0) is 62.4 Å². The van der Waals surface area contributed by atoms with Gasteiger partial charge in [-0.25, -0.2) is 0 Å². The van der Waals surface area contributed by atoms with E-state index in [2.05, 4.69) is 73.3 Å². The first-order chi connectivity index (χ1) is 14.0. The maximum atomic E-state index is 12.7. The first-order valence-corrected chi connectivity index (χ1v) is 11.2. The van der Waals surface area contributed by atoms with Crippen LogP contribution in [0.4, 0.5) is 5.69 Å². The summed E-state index contributed by atoms with van der Waals surface area (Å²) in [4.78, 5) is 17.3. The van der Waals surface area contributed by atoms with E-state index in [1.807, 2.05) is 13.8 Å². The molecule has 3 nitrogen and oxygen atoms in total. The zero-order chi connectivity index (χ0) is 21.0. The van der Waals surface area contributed by atoms with Crippen LogP contribution in [-0.2, 0) is 17.6 Å². The van der Waals surface area contributed by atoms with Crippen LogP contribution in [0.3, 0.4) is 0 Å². The fraction of sp³-hybridized carbons (Fsp3) is 0.500. The van der Waals surface area contributed by atoms with Gasteiger partial charge in [0.1, 0.15) is 0 Å². The number of likely N-dealkylation sites (tertiary alicyclic amines) is 1. The van der Waals surface area contributed by atoms with Gasteiger partial charge >= 0.3 is 0 Å². The van der Waals surface area contributed by atoms with E-state index in [1.165, 1.54) is 34.4 Å². The quantitative estimate of drug-likeness (QED) is 0.714. The van der Waals surface area contributed by atoms with Crippen molar-refractivity contribution in [2.45, 2.75) is 52.5 Å². The number of carbonyl (C=O) groups is 1. The summed E-state index contributed by atoms with van der Waals surface area (Å²) in [7, 11) is 4.27. The third-order valence-corrected chi connectivity index (χ3v) is 6.34. The van der Waals surface area contributed by atoms with Gasteiger partial charge in [-0.3, -0.25) is 9.69 Å². The summed E-state index contributed by atoms with van der Waals surface area (Å²) in [5.74, 6) is 0.486. The first kappa shape index (κ1) is 21.6. The molecular formula is C26H36N2O. The van der Waals surface area contributed by atoms with Crippen molar-refractivity contribution in [1.29, 1.82) is 0 Å². The minimum atomic E-state index is 0.0932. The summed E-state index contributed by atoms with van der Waals surface area (Å²) >= 11 is 0. The molecule has 0 radical (unpaired) electrons. The summed E-state index contributed by atoms with van der Waals surface area (Å²) in [6.07, 6.45) is 4.25. The van der Waals surface area contributed by atoms with Crippen LogP contribution in [0.5, 0.6) is 0 Å². The predicted octanol–water partition coefficient (Wildman–Crippen LogP) is 5.21. The van der Waals surface area contributed by atoms with Crippen LogP contribution in [0.15, 0.2) is 42.5 Å². The predicted molar refractivity (Wildman–Crippen MR) is 123 cm³/mol. The molecule has 0 aliphatic carbocycles. The Bertz CT molecular complexity index is 827. The van der Waals surface area contributed by atoms with Crippen molar-refractivity contribution < 1.29 is 4.79 Å². The lowest BCUT2D eigenvalue weighted by Gasteiger charge is -2.30. The standard InChI is InChI=1S/C24H30N2O.C2H6/c1-17-6-8-18(9-7-17)10-12-21-23(27)16-26(3)24(21)20-11-13-22-19(15-20)5-4-14-25(22)2;1-2/h6-9,11,13,15,21,24H,4-5,10,12,14,16H2,1-3H3;1-2H3. The Balaban J connectivity index is 0.00000117. The number of fused-ring (bicyclic) bond motifs is 1. The van der Waals surface area contributed by atoms with E-state index in [0.29, 0.717) is 12.3 Å². The number of ketones is 1. The van der Waals surface area contributed by atoms with E-state index >= 15 is 0 Å². The zero-order valence-electron chi connectivity index (χ0n) is 18.7. The Morgan fingerprint density at radius 1 is 1.03 bits per heavy atom. The third-order valence-electron chi connectivity index (χ3n) is 6.34. The fourth-order valence-electron chi connectivity index (χ4n) is 4.82. The number of anilines is 1. The van der Waals surface area contributed by atoms with Gasteiger partial charge in [-0.2, -0.15) is 0 Å². The molecular weight excluding hydrogens is 356 g/mol. The minimum Gasteiger partial charge on any atom is -0.374 e. The van der Waals surface area contributed by atoms with E-state index < -0.39 is 0 Å². The number of Topliss-reactive ketones (excluding diaryl/α,β-unsaturated/α-hetero) is 1. The van der Waals surface area contributed by atoms with Gasteiger partial charge in [0.05, 0.1) is 6.54 Å². The monoisotopic (exact) mass is 392 g/mol. The van der Waals surface area contributed by atoms with Crippen molar-refractivity contribution in [3.63, 3.8) is 0 Å². The number of aryl methyl sites for hydroxylation is 3. The van der Waals surface area contributed by atoms with Crippen LogP contribution >= 0.6 is 0 Å². The van der Waals surface area contributed by atoms with Crippen LogP contribution in [-0.4, -0.2) is 37.9 Å². The van der Waals surface area contributed by atoms with Crippen molar-refractivity contribution in [2.75, 3.05) is 32.1 Å². The second-order valence-electron chi connectivity index (χ2n) is 8.37. The highest BCUT2D eigenvalue weighted by molar-refractivity contribution is 5.86. The number of nitrogens with zero attached hydrogens (tertiary/aromatic N) is 2. The molecule has 2 aliphatic heterocycles. The molecule has 0 spiro atoms. The van der Waals surface area contributed by atoms with Crippen LogP contribution in [0.1, 0.15) is 55.0 Å².